The fraction of sp³-hybridized carbons (Fsp3) is 0.531. The number of carbonyl (C=O) groups excluding carboxylic acids is 2. The van der Waals surface area contributed by atoms with Crippen LogP contribution in [0.3, 0.4) is 0 Å². The van der Waals surface area contributed by atoms with Gasteiger partial charge in [0, 0.05) is 19.1 Å². The number of nitrogens with zero attached hydrogens (tertiary/aromatic N) is 6. The number of halogens is 4. The normalized spacial score (nSPS) is 19.0. The number of aromatic nitrogens is 4. The average molecular weight is 694 g/mol. The van der Waals surface area contributed by atoms with Crippen LogP contribution in [0.5, 0.6) is 0 Å². The first-order valence-corrected chi connectivity index (χ1v) is 16.1. The highest BCUT2D eigenvalue weighted by atomic mass is 35.5. The Labute approximate surface area is 280 Å². The van der Waals surface area contributed by atoms with Gasteiger partial charge in [0.2, 0.25) is 11.7 Å². The number of amides is 2. The third-order valence-electron chi connectivity index (χ3n) is 8.46. The minimum Gasteiger partial charge on any atom is -0.444 e. The van der Waals surface area contributed by atoms with E-state index in [4.69, 9.17) is 21.1 Å². The Hall–Kier alpha value is -4.11. The molecule has 3 aromatic rings. The summed E-state index contributed by atoms with van der Waals surface area (Å²) in [4.78, 5) is 49.1. The van der Waals surface area contributed by atoms with Crippen LogP contribution in [0.1, 0.15) is 65.0 Å². The molecule has 16 heteroatoms. The summed E-state index contributed by atoms with van der Waals surface area (Å²) in [6.07, 6.45) is -2.35. The van der Waals surface area contributed by atoms with Gasteiger partial charge in [-0.05, 0) is 71.2 Å². The molecule has 0 unspecified atom stereocenters. The van der Waals surface area contributed by atoms with E-state index < -0.39 is 34.9 Å². The lowest BCUT2D eigenvalue weighted by atomic mass is 10.0. The van der Waals surface area contributed by atoms with Crippen LogP contribution in [0.2, 0.25) is 5.02 Å². The SMILES string of the molecule is CCc1c(N2CCN(C(=O)OC(C)(C)C)[C@@H](C)[C@H]2C)c(=O)n2nc(C3=CCOCC3)nc2n1CC(=O)Nc1ccc(C(F)(F)F)cc1Cl. The molecule has 0 spiro atoms. The molecule has 260 valence electrons. The standard InChI is InChI=1S/C32H39ClF3N7O5/c1-7-24-26(40-12-13-41(19(3)18(40)2)30(46)48-31(4,5)6)28(45)43-29(38-27(39-43)20-10-14-47-15-11-20)42(24)17-25(44)37-23-9-8-21(16-22(23)33)32(34,35)36/h8-10,16,18-19H,7,11-15,17H2,1-6H3,(H,37,44)/t18-,19+/m1/s1. The lowest BCUT2D eigenvalue weighted by Gasteiger charge is -2.46. The Bertz CT molecular complexity index is 1810. The number of fused-ring (bicyclic) bond motifs is 1. The molecule has 2 aliphatic rings. The maximum absolute atomic E-state index is 14.3. The third-order valence-corrected chi connectivity index (χ3v) is 8.77. The summed E-state index contributed by atoms with van der Waals surface area (Å²) in [6.45, 7) is 12.1. The first-order chi connectivity index (χ1) is 22.5. The van der Waals surface area contributed by atoms with Gasteiger partial charge < -0.3 is 29.2 Å². The van der Waals surface area contributed by atoms with Crippen LogP contribution in [0.15, 0.2) is 29.1 Å². The maximum Gasteiger partial charge on any atom is 0.416 e. The summed E-state index contributed by atoms with van der Waals surface area (Å²) in [5, 5.41) is 6.89. The zero-order valence-corrected chi connectivity index (χ0v) is 28.4. The summed E-state index contributed by atoms with van der Waals surface area (Å²) in [7, 11) is 0. The summed E-state index contributed by atoms with van der Waals surface area (Å²) < 4.78 is 53.4. The fourth-order valence-corrected chi connectivity index (χ4v) is 6.16. The molecular formula is C32H39ClF3N7O5. The van der Waals surface area contributed by atoms with Crippen molar-refractivity contribution in [3.8, 4) is 0 Å². The molecule has 0 aliphatic carbocycles. The number of piperazine rings is 1. The molecule has 1 saturated heterocycles. The molecule has 5 rings (SSSR count). The lowest BCUT2D eigenvalue weighted by Crippen LogP contribution is -2.61. The van der Waals surface area contributed by atoms with Crippen LogP contribution in [0.4, 0.5) is 29.3 Å². The number of ether oxygens (including phenoxy) is 2. The van der Waals surface area contributed by atoms with Crippen LogP contribution < -0.4 is 15.8 Å². The largest absolute Gasteiger partial charge is 0.444 e. The van der Waals surface area contributed by atoms with Crippen molar-refractivity contribution in [3.63, 3.8) is 0 Å². The van der Waals surface area contributed by atoms with Crippen molar-refractivity contribution in [1.29, 1.82) is 0 Å². The fourth-order valence-electron chi connectivity index (χ4n) is 5.93. The summed E-state index contributed by atoms with van der Waals surface area (Å²) in [6, 6.07) is 1.99. The van der Waals surface area contributed by atoms with E-state index in [9.17, 15) is 27.6 Å². The second-order valence-corrected chi connectivity index (χ2v) is 13.2. The van der Waals surface area contributed by atoms with Crippen molar-refractivity contribution in [1.82, 2.24) is 24.1 Å². The highest BCUT2D eigenvalue weighted by Crippen LogP contribution is 2.34. The zero-order valence-electron chi connectivity index (χ0n) is 27.7. The van der Waals surface area contributed by atoms with Gasteiger partial charge in [0.05, 0.1) is 41.2 Å². The average Bonchev–Trinajstić information content (AvgIpc) is 3.46. The molecule has 12 nitrogen and oxygen atoms in total. The van der Waals surface area contributed by atoms with Crippen molar-refractivity contribution in [2.24, 2.45) is 0 Å². The maximum atomic E-state index is 14.3. The minimum atomic E-state index is -4.60. The van der Waals surface area contributed by atoms with Crippen molar-refractivity contribution in [2.75, 3.05) is 36.5 Å². The lowest BCUT2D eigenvalue weighted by molar-refractivity contribution is -0.137. The summed E-state index contributed by atoms with van der Waals surface area (Å²) in [5.74, 6) is -0.149. The molecule has 0 radical (unpaired) electrons. The van der Waals surface area contributed by atoms with Crippen LogP contribution >= 0.6 is 11.6 Å². The Morgan fingerprint density at radius 1 is 1.15 bits per heavy atom. The Balaban J connectivity index is 1.56. The van der Waals surface area contributed by atoms with Crippen LogP contribution in [-0.2, 0) is 33.4 Å². The van der Waals surface area contributed by atoms with E-state index in [-0.39, 0.29) is 41.7 Å². The smallest absolute Gasteiger partial charge is 0.416 e. The van der Waals surface area contributed by atoms with Gasteiger partial charge in [-0.2, -0.15) is 22.7 Å². The first kappa shape index (κ1) is 35.2. The number of carbonyl (C=O) groups is 2. The van der Waals surface area contributed by atoms with E-state index in [0.29, 0.717) is 49.8 Å². The van der Waals surface area contributed by atoms with E-state index in [0.717, 1.165) is 23.8 Å². The van der Waals surface area contributed by atoms with Crippen molar-refractivity contribution < 1.29 is 32.2 Å². The molecule has 2 aliphatic heterocycles. The van der Waals surface area contributed by atoms with E-state index >= 15 is 0 Å². The Morgan fingerprint density at radius 3 is 2.48 bits per heavy atom. The molecule has 2 atom stereocenters. The van der Waals surface area contributed by atoms with Gasteiger partial charge in [-0.15, -0.1) is 5.10 Å². The van der Waals surface area contributed by atoms with Gasteiger partial charge in [-0.25, -0.2) is 4.79 Å². The highest BCUT2D eigenvalue weighted by Gasteiger charge is 2.38. The molecular weight excluding hydrogens is 655 g/mol. The molecule has 1 fully saturated rings. The predicted molar refractivity (Wildman–Crippen MR) is 174 cm³/mol. The van der Waals surface area contributed by atoms with Gasteiger partial charge in [-0.3, -0.25) is 9.59 Å². The number of anilines is 2. The second-order valence-electron chi connectivity index (χ2n) is 12.8. The first-order valence-electron chi connectivity index (χ1n) is 15.7. The number of hydrogen-bond acceptors (Lipinski definition) is 8. The molecule has 0 saturated carbocycles. The number of hydrogen-bond donors (Lipinski definition) is 1. The minimum absolute atomic E-state index is 0.000216. The predicted octanol–water partition coefficient (Wildman–Crippen LogP) is 5.40. The molecule has 4 heterocycles. The summed E-state index contributed by atoms with van der Waals surface area (Å²) >= 11 is 6.12. The topological polar surface area (TPSA) is 123 Å². The molecule has 48 heavy (non-hydrogen) atoms. The van der Waals surface area contributed by atoms with Gasteiger partial charge in [0.15, 0.2) is 5.82 Å². The number of rotatable bonds is 6. The van der Waals surface area contributed by atoms with Gasteiger partial charge in [0.1, 0.15) is 17.8 Å². The van der Waals surface area contributed by atoms with Crippen molar-refractivity contribution >= 4 is 46.3 Å². The van der Waals surface area contributed by atoms with E-state index in [1.165, 1.54) is 4.52 Å². The number of nitrogens with one attached hydrogen (secondary N) is 1. The van der Waals surface area contributed by atoms with Gasteiger partial charge in [-0.1, -0.05) is 24.6 Å². The number of benzene rings is 1. The van der Waals surface area contributed by atoms with E-state index in [2.05, 4.69) is 15.4 Å². The van der Waals surface area contributed by atoms with Crippen LogP contribution in [-0.4, -0.2) is 80.1 Å². The van der Waals surface area contributed by atoms with Crippen LogP contribution in [0.25, 0.3) is 11.4 Å². The quantitative estimate of drug-likeness (QED) is 0.364. The van der Waals surface area contributed by atoms with Crippen molar-refractivity contribution in [2.45, 2.75) is 84.8 Å². The Kier molecular flexibility index (Phi) is 9.84. The Morgan fingerprint density at radius 2 is 1.88 bits per heavy atom. The van der Waals surface area contributed by atoms with Gasteiger partial charge in [0.25, 0.3) is 5.56 Å². The third kappa shape index (κ3) is 7.16. The molecule has 0 bridgehead atoms. The monoisotopic (exact) mass is 693 g/mol. The van der Waals surface area contributed by atoms with Crippen LogP contribution in [0, 0.1) is 0 Å². The zero-order chi connectivity index (χ0) is 35.1. The van der Waals surface area contributed by atoms with E-state index in [1.807, 2.05) is 31.7 Å². The van der Waals surface area contributed by atoms with Crippen molar-refractivity contribution in [3.05, 3.63) is 56.7 Å². The second kappa shape index (κ2) is 13.4. The van der Waals surface area contributed by atoms with Gasteiger partial charge >= 0.3 is 12.3 Å². The molecule has 2 aromatic heterocycles. The number of alkyl halides is 3. The summed E-state index contributed by atoms with van der Waals surface area (Å²) in [5.41, 5.74) is -0.442. The van der Waals surface area contributed by atoms with E-state index in [1.54, 1.807) is 30.2 Å². The highest BCUT2D eigenvalue weighted by molar-refractivity contribution is 6.33. The molecule has 1 N–H and O–H groups in total. The molecule has 1 aromatic carbocycles. The molecule has 2 amide bonds.